The highest BCUT2D eigenvalue weighted by molar-refractivity contribution is 7.80. The summed E-state index contributed by atoms with van der Waals surface area (Å²) in [6.45, 7) is -1.13. The predicted octanol–water partition coefficient (Wildman–Crippen LogP) is -3.89. The third kappa shape index (κ3) is 5.53. The van der Waals surface area contributed by atoms with Crippen LogP contribution in [0.1, 0.15) is 6.42 Å². The van der Waals surface area contributed by atoms with Gasteiger partial charge in [0.25, 0.3) is 0 Å². The topological polar surface area (TPSA) is 202 Å². The van der Waals surface area contributed by atoms with Crippen LogP contribution in [0.15, 0.2) is 0 Å². The second kappa shape index (κ2) is 9.34. The summed E-state index contributed by atoms with van der Waals surface area (Å²) in [6, 6.07) is 0. The zero-order valence-electron chi connectivity index (χ0n) is 14.3. The molecule has 2 fully saturated rings. The number of aliphatic hydroxyl groups excluding tert-OH is 5. The molecule has 0 saturated carbocycles. The Morgan fingerprint density at radius 3 is 2.07 bits per heavy atom. The van der Waals surface area contributed by atoms with Crippen molar-refractivity contribution in [2.75, 3.05) is 20.3 Å². The fourth-order valence-electron chi connectivity index (χ4n) is 2.91. The Morgan fingerprint density at radius 2 is 1.52 bits per heavy atom. The SMILES string of the molecule is CO[C@H]1O[C@H](CO)[C@@H](O[C@H]2O[C@H](CCOS(=O)(=O)O)[C@H](O)[C@H]2O)[C@H](O)[C@@H]1O. The van der Waals surface area contributed by atoms with E-state index in [1.807, 2.05) is 0 Å². The van der Waals surface area contributed by atoms with Crippen LogP contribution in [0.4, 0.5) is 0 Å². The zero-order valence-corrected chi connectivity index (χ0v) is 15.1. The van der Waals surface area contributed by atoms with Crippen LogP contribution in [0.2, 0.25) is 0 Å². The maximum atomic E-state index is 10.5. The maximum Gasteiger partial charge on any atom is 0.397 e. The summed E-state index contributed by atoms with van der Waals surface area (Å²) >= 11 is 0. The van der Waals surface area contributed by atoms with Gasteiger partial charge < -0.3 is 44.5 Å². The first-order chi connectivity index (χ1) is 12.6. The van der Waals surface area contributed by atoms with Crippen LogP contribution >= 0.6 is 0 Å². The van der Waals surface area contributed by atoms with E-state index in [1.54, 1.807) is 0 Å². The van der Waals surface area contributed by atoms with Gasteiger partial charge in [0.05, 0.1) is 19.3 Å². The molecule has 2 aliphatic rings. The molecule has 0 aliphatic carbocycles. The quantitative estimate of drug-likeness (QED) is 0.208. The molecule has 0 radical (unpaired) electrons. The number of aliphatic hydroxyl groups is 5. The van der Waals surface area contributed by atoms with Gasteiger partial charge in [-0.15, -0.1) is 0 Å². The van der Waals surface area contributed by atoms with E-state index in [1.165, 1.54) is 7.11 Å². The Bertz CT molecular complexity index is 569. The van der Waals surface area contributed by atoms with Crippen LogP contribution in [0.5, 0.6) is 0 Å². The Kier molecular flexibility index (Phi) is 7.88. The lowest BCUT2D eigenvalue weighted by molar-refractivity contribution is -0.325. The first-order valence-electron chi connectivity index (χ1n) is 8.03. The van der Waals surface area contributed by atoms with E-state index in [-0.39, 0.29) is 6.42 Å². The molecule has 0 bridgehead atoms. The van der Waals surface area contributed by atoms with Crippen molar-refractivity contribution in [1.29, 1.82) is 0 Å². The van der Waals surface area contributed by atoms with Crippen LogP contribution in [-0.2, 0) is 33.5 Å². The molecule has 0 aromatic heterocycles. The van der Waals surface area contributed by atoms with Gasteiger partial charge in [0.15, 0.2) is 12.6 Å². The smallest absolute Gasteiger partial charge is 0.394 e. The summed E-state index contributed by atoms with van der Waals surface area (Å²) in [5.41, 5.74) is 0. The zero-order chi connectivity index (χ0) is 20.4. The van der Waals surface area contributed by atoms with Crippen molar-refractivity contribution in [2.24, 2.45) is 0 Å². The van der Waals surface area contributed by atoms with Gasteiger partial charge in [-0.2, -0.15) is 8.42 Å². The monoisotopic (exact) mass is 420 g/mol. The molecular formula is C13H24O13S. The van der Waals surface area contributed by atoms with E-state index in [4.69, 9.17) is 23.5 Å². The van der Waals surface area contributed by atoms with Gasteiger partial charge in [0.2, 0.25) is 0 Å². The number of rotatable bonds is 8. The number of hydrogen-bond acceptors (Lipinski definition) is 12. The minimum atomic E-state index is -4.66. The molecule has 160 valence electrons. The van der Waals surface area contributed by atoms with Crippen LogP contribution in [0.3, 0.4) is 0 Å². The van der Waals surface area contributed by atoms with Crippen LogP contribution in [0.25, 0.3) is 0 Å². The Hall–Kier alpha value is -0.490. The number of hydrogen-bond donors (Lipinski definition) is 6. The van der Waals surface area contributed by atoms with Crippen molar-refractivity contribution in [3.05, 3.63) is 0 Å². The highest BCUT2D eigenvalue weighted by Gasteiger charge is 2.50. The summed E-state index contributed by atoms with van der Waals surface area (Å²) in [5.74, 6) is 0. The standard InChI is InChI=1S/C13H24O13S/c1-22-12-10(18)8(16)11(6(4-14)25-12)26-13-9(17)7(15)5(24-13)2-3-23-27(19,20)21/h5-18H,2-4H2,1H3,(H,19,20,21)/t5-,6-,7+,8-,9-,10+,11-,12+,13-/m1/s1. The minimum absolute atomic E-state index is 0.209. The Morgan fingerprint density at radius 1 is 0.926 bits per heavy atom. The fraction of sp³-hybridized carbons (Fsp3) is 1.00. The molecule has 0 amide bonds. The van der Waals surface area contributed by atoms with E-state index >= 15 is 0 Å². The van der Waals surface area contributed by atoms with Gasteiger partial charge in [-0.05, 0) is 0 Å². The molecule has 27 heavy (non-hydrogen) atoms. The van der Waals surface area contributed by atoms with Gasteiger partial charge in [-0.25, -0.2) is 4.18 Å². The normalized spacial score (nSPS) is 43.1. The van der Waals surface area contributed by atoms with Gasteiger partial charge in [-0.3, -0.25) is 4.55 Å². The third-order valence-corrected chi connectivity index (χ3v) is 4.76. The lowest BCUT2D eigenvalue weighted by Gasteiger charge is -2.42. The number of ether oxygens (including phenoxy) is 4. The molecule has 2 saturated heterocycles. The van der Waals surface area contributed by atoms with Crippen molar-refractivity contribution in [1.82, 2.24) is 0 Å². The minimum Gasteiger partial charge on any atom is -0.394 e. The summed E-state index contributed by atoms with van der Waals surface area (Å²) < 4.78 is 54.5. The third-order valence-electron chi connectivity index (χ3n) is 4.30. The molecule has 0 aromatic carbocycles. The fourth-order valence-corrected chi connectivity index (χ4v) is 3.21. The molecule has 6 N–H and O–H groups in total. The lowest BCUT2D eigenvalue weighted by atomic mass is 9.99. The van der Waals surface area contributed by atoms with Gasteiger partial charge >= 0.3 is 10.4 Å². The molecule has 0 spiro atoms. The average Bonchev–Trinajstić information content (AvgIpc) is 2.86. The first kappa shape index (κ1) is 22.8. The highest BCUT2D eigenvalue weighted by atomic mass is 32.3. The van der Waals surface area contributed by atoms with E-state index in [2.05, 4.69) is 4.18 Å². The second-order valence-electron chi connectivity index (χ2n) is 6.11. The molecule has 13 nitrogen and oxygen atoms in total. The first-order valence-corrected chi connectivity index (χ1v) is 9.39. The van der Waals surface area contributed by atoms with Crippen molar-refractivity contribution >= 4 is 10.4 Å². The largest absolute Gasteiger partial charge is 0.397 e. The molecule has 9 atom stereocenters. The van der Waals surface area contributed by atoms with Gasteiger partial charge in [0.1, 0.15) is 36.6 Å². The van der Waals surface area contributed by atoms with Crippen LogP contribution in [-0.4, -0.2) is 114 Å². The average molecular weight is 420 g/mol. The molecule has 14 heteroatoms. The molecule has 0 aromatic rings. The summed E-state index contributed by atoms with van der Waals surface area (Å²) in [7, 11) is -3.43. The molecular weight excluding hydrogens is 396 g/mol. The van der Waals surface area contributed by atoms with E-state index in [0.29, 0.717) is 0 Å². The maximum absolute atomic E-state index is 10.5. The van der Waals surface area contributed by atoms with Gasteiger partial charge in [-0.1, -0.05) is 0 Å². The van der Waals surface area contributed by atoms with E-state index in [0.717, 1.165) is 0 Å². The molecule has 2 aliphatic heterocycles. The Labute approximate surface area is 154 Å². The Balaban J connectivity index is 1.99. The van der Waals surface area contributed by atoms with Crippen molar-refractivity contribution in [3.8, 4) is 0 Å². The molecule has 0 unspecified atom stereocenters. The number of methoxy groups -OCH3 is 1. The summed E-state index contributed by atoms with van der Waals surface area (Å²) in [6.07, 6.45) is -12.6. The summed E-state index contributed by atoms with van der Waals surface area (Å²) in [4.78, 5) is 0. The van der Waals surface area contributed by atoms with Crippen LogP contribution < -0.4 is 0 Å². The summed E-state index contributed by atoms with van der Waals surface area (Å²) in [5, 5.41) is 49.6. The highest BCUT2D eigenvalue weighted by Crippen LogP contribution is 2.30. The van der Waals surface area contributed by atoms with Gasteiger partial charge in [0, 0.05) is 13.5 Å². The van der Waals surface area contributed by atoms with Crippen molar-refractivity contribution in [3.63, 3.8) is 0 Å². The lowest BCUT2D eigenvalue weighted by Crippen LogP contribution is -2.61. The van der Waals surface area contributed by atoms with E-state index in [9.17, 15) is 34.0 Å². The molecule has 2 heterocycles. The van der Waals surface area contributed by atoms with Crippen molar-refractivity contribution in [2.45, 2.75) is 61.7 Å². The predicted molar refractivity (Wildman–Crippen MR) is 82.4 cm³/mol. The molecule has 2 rings (SSSR count). The van der Waals surface area contributed by atoms with Crippen LogP contribution in [0, 0.1) is 0 Å². The second-order valence-corrected chi connectivity index (χ2v) is 7.20. The van der Waals surface area contributed by atoms with Crippen molar-refractivity contribution < 1.29 is 61.6 Å². The van der Waals surface area contributed by atoms with E-state index < -0.39 is 78.9 Å².